The number of para-hydroxylation sites is 1. The van der Waals surface area contributed by atoms with Crippen LogP contribution in [0.25, 0.3) is 0 Å². The van der Waals surface area contributed by atoms with Crippen LogP contribution in [0.2, 0.25) is 0 Å². The van der Waals surface area contributed by atoms with Gasteiger partial charge in [-0.25, -0.2) is 4.79 Å². The zero-order valence-corrected chi connectivity index (χ0v) is 16.8. The van der Waals surface area contributed by atoms with Crippen molar-refractivity contribution in [1.29, 1.82) is 0 Å². The van der Waals surface area contributed by atoms with Gasteiger partial charge in [0, 0.05) is 38.7 Å². The minimum Gasteiger partial charge on any atom is -0.342 e. The number of carbonyl (C=O) groups excluding carboxylic acids is 2. The van der Waals surface area contributed by atoms with E-state index >= 15 is 0 Å². The van der Waals surface area contributed by atoms with Crippen LogP contribution in [0.5, 0.6) is 0 Å². The molecule has 2 aromatic rings. The minimum absolute atomic E-state index is 0.0679. The Morgan fingerprint density at radius 1 is 1.21 bits per heavy atom. The van der Waals surface area contributed by atoms with Crippen LogP contribution in [-0.4, -0.2) is 46.7 Å². The molecule has 2 unspecified atom stereocenters. The fraction of sp³-hybridized carbons (Fsp3) is 0.364. The molecule has 0 aliphatic carbocycles. The number of nitrogens with zero attached hydrogens (tertiary/aromatic N) is 3. The zero-order valence-electron chi connectivity index (χ0n) is 16.8. The molecule has 6 nitrogen and oxygen atoms in total. The van der Waals surface area contributed by atoms with Gasteiger partial charge in [-0.2, -0.15) is 5.06 Å². The summed E-state index contributed by atoms with van der Waals surface area (Å²) in [4.78, 5) is 28.1. The molecular weight excluding hydrogens is 354 g/mol. The molecule has 0 fully saturated rings. The predicted octanol–water partition coefficient (Wildman–Crippen LogP) is 3.78. The number of hydrogen-bond acceptors (Lipinski definition) is 3. The Balaban J connectivity index is 2.01. The summed E-state index contributed by atoms with van der Waals surface area (Å²) in [5.41, 5.74) is 3.70. The van der Waals surface area contributed by atoms with Gasteiger partial charge in [-0.05, 0) is 36.6 Å². The van der Waals surface area contributed by atoms with E-state index < -0.39 is 12.1 Å². The fourth-order valence-corrected chi connectivity index (χ4v) is 3.68. The molecule has 28 heavy (non-hydrogen) atoms. The van der Waals surface area contributed by atoms with Gasteiger partial charge >= 0.3 is 6.03 Å². The number of carbonyl (C=O) groups is 2. The Morgan fingerprint density at radius 2 is 1.86 bits per heavy atom. The number of amides is 3. The van der Waals surface area contributed by atoms with Crippen molar-refractivity contribution >= 4 is 17.6 Å². The number of aryl methyl sites for hydroxylation is 1. The summed E-state index contributed by atoms with van der Waals surface area (Å²) < 4.78 is 0. The Kier molecular flexibility index (Phi) is 5.70. The first kappa shape index (κ1) is 19.9. The van der Waals surface area contributed by atoms with Gasteiger partial charge < -0.3 is 4.90 Å². The molecule has 3 rings (SSSR count). The van der Waals surface area contributed by atoms with E-state index in [1.807, 2.05) is 62.4 Å². The molecule has 1 N–H and O–H groups in total. The summed E-state index contributed by atoms with van der Waals surface area (Å²) in [7, 11) is 1.72. The number of likely N-dealkylation sites (N-methyl/N-ethyl adjacent to an activating group) is 1. The number of urea groups is 1. The lowest BCUT2D eigenvalue weighted by Gasteiger charge is -2.32. The summed E-state index contributed by atoms with van der Waals surface area (Å²) in [6.07, 6.45) is 0.511. The summed E-state index contributed by atoms with van der Waals surface area (Å²) in [6.45, 7) is 5.67. The lowest BCUT2D eigenvalue weighted by Crippen LogP contribution is -2.48. The van der Waals surface area contributed by atoms with Crippen LogP contribution in [0.3, 0.4) is 0 Å². The molecule has 2 atom stereocenters. The van der Waals surface area contributed by atoms with Crippen molar-refractivity contribution in [2.24, 2.45) is 0 Å². The quantitative estimate of drug-likeness (QED) is 0.820. The van der Waals surface area contributed by atoms with Crippen LogP contribution in [0, 0.1) is 6.92 Å². The Labute approximate surface area is 165 Å². The van der Waals surface area contributed by atoms with Crippen molar-refractivity contribution in [1.82, 2.24) is 9.96 Å². The van der Waals surface area contributed by atoms with Crippen molar-refractivity contribution in [3.8, 4) is 0 Å². The summed E-state index contributed by atoms with van der Waals surface area (Å²) >= 11 is 0. The standard InChI is InChI=1S/C22H27N3O3/c1-15-9-5-7-11-19(15)21-13-18-10-6-8-12-20(18)24(22(27)25(21)28)14-16(2)23(4)17(3)26/h5-12,16,21,28H,13-14H2,1-4H3. The number of hydrogen-bond donors (Lipinski definition) is 1. The first-order chi connectivity index (χ1) is 13.3. The second-order valence-electron chi connectivity index (χ2n) is 7.42. The molecule has 1 heterocycles. The maximum Gasteiger partial charge on any atom is 0.348 e. The topological polar surface area (TPSA) is 64.1 Å². The van der Waals surface area contributed by atoms with Crippen LogP contribution in [-0.2, 0) is 11.2 Å². The van der Waals surface area contributed by atoms with Gasteiger partial charge in [-0.3, -0.25) is 14.9 Å². The van der Waals surface area contributed by atoms with E-state index in [-0.39, 0.29) is 11.9 Å². The fourth-order valence-electron chi connectivity index (χ4n) is 3.68. The van der Waals surface area contributed by atoms with E-state index in [1.54, 1.807) is 16.8 Å². The smallest absolute Gasteiger partial charge is 0.342 e. The van der Waals surface area contributed by atoms with Crippen molar-refractivity contribution < 1.29 is 14.8 Å². The average Bonchev–Trinajstić information content (AvgIpc) is 2.78. The monoisotopic (exact) mass is 381 g/mol. The normalized spacial score (nSPS) is 17.8. The molecule has 1 aliphatic rings. The van der Waals surface area contributed by atoms with Crippen LogP contribution in [0.15, 0.2) is 48.5 Å². The molecule has 0 saturated carbocycles. The first-order valence-electron chi connectivity index (χ1n) is 9.47. The van der Waals surface area contributed by atoms with Crippen LogP contribution in [0.1, 0.15) is 36.6 Å². The van der Waals surface area contributed by atoms with E-state index in [4.69, 9.17) is 0 Å². The first-order valence-corrected chi connectivity index (χ1v) is 9.47. The van der Waals surface area contributed by atoms with Gasteiger partial charge in [0.05, 0.1) is 6.04 Å². The highest BCUT2D eigenvalue weighted by Gasteiger charge is 2.35. The summed E-state index contributed by atoms with van der Waals surface area (Å²) in [5.74, 6) is -0.0679. The number of benzene rings is 2. The second kappa shape index (κ2) is 8.02. The summed E-state index contributed by atoms with van der Waals surface area (Å²) in [5, 5.41) is 11.7. The highest BCUT2D eigenvalue weighted by molar-refractivity contribution is 5.93. The SMILES string of the molecule is CC(=O)N(C)C(C)CN1C(=O)N(O)C(c2ccccc2C)Cc2ccccc21. The van der Waals surface area contributed by atoms with Gasteiger partial charge in [0.1, 0.15) is 0 Å². The maximum atomic E-state index is 13.2. The molecule has 6 heteroatoms. The Hall–Kier alpha value is -2.86. The number of hydroxylamine groups is 2. The minimum atomic E-state index is -0.484. The zero-order chi connectivity index (χ0) is 20.4. The number of rotatable bonds is 4. The molecule has 3 amide bonds. The molecule has 0 saturated heterocycles. The molecule has 2 aromatic carbocycles. The van der Waals surface area contributed by atoms with Gasteiger partial charge in [-0.1, -0.05) is 42.5 Å². The van der Waals surface area contributed by atoms with Crippen molar-refractivity contribution in [2.75, 3.05) is 18.5 Å². The lowest BCUT2D eigenvalue weighted by molar-refractivity contribution is -0.129. The van der Waals surface area contributed by atoms with E-state index in [9.17, 15) is 14.8 Å². The van der Waals surface area contributed by atoms with Crippen molar-refractivity contribution in [3.05, 3.63) is 65.2 Å². The van der Waals surface area contributed by atoms with E-state index in [0.717, 1.165) is 27.4 Å². The second-order valence-corrected chi connectivity index (χ2v) is 7.42. The van der Waals surface area contributed by atoms with Crippen LogP contribution < -0.4 is 4.90 Å². The molecule has 0 radical (unpaired) electrons. The molecule has 0 spiro atoms. The highest BCUT2D eigenvalue weighted by atomic mass is 16.5. The number of fused-ring (bicyclic) bond motifs is 1. The van der Waals surface area contributed by atoms with E-state index in [0.29, 0.717) is 13.0 Å². The van der Waals surface area contributed by atoms with Crippen LogP contribution >= 0.6 is 0 Å². The van der Waals surface area contributed by atoms with Gasteiger partial charge in [0.25, 0.3) is 0 Å². The van der Waals surface area contributed by atoms with E-state index in [2.05, 4.69) is 0 Å². The molecule has 148 valence electrons. The molecular formula is C22H27N3O3. The van der Waals surface area contributed by atoms with Crippen molar-refractivity contribution in [2.45, 2.75) is 39.3 Å². The largest absolute Gasteiger partial charge is 0.348 e. The Morgan fingerprint density at radius 3 is 2.54 bits per heavy atom. The maximum absolute atomic E-state index is 13.2. The van der Waals surface area contributed by atoms with E-state index in [1.165, 1.54) is 6.92 Å². The average molecular weight is 381 g/mol. The van der Waals surface area contributed by atoms with Gasteiger partial charge in [0.2, 0.25) is 5.91 Å². The summed E-state index contributed by atoms with van der Waals surface area (Å²) in [6, 6.07) is 14.3. The molecule has 0 aromatic heterocycles. The van der Waals surface area contributed by atoms with Crippen LogP contribution in [0.4, 0.5) is 10.5 Å². The van der Waals surface area contributed by atoms with Gasteiger partial charge in [0.15, 0.2) is 0 Å². The van der Waals surface area contributed by atoms with Gasteiger partial charge in [-0.15, -0.1) is 0 Å². The third-order valence-electron chi connectivity index (χ3n) is 5.57. The predicted molar refractivity (Wildman–Crippen MR) is 108 cm³/mol. The Bertz CT molecular complexity index is 883. The van der Waals surface area contributed by atoms with Crippen molar-refractivity contribution in [3.63, 3.8) is 0 Å². The molecule has 0 bridgehead atoms. The third kappa shape index (κ3) is 3.73. The highest BCUT2D eigenvalue weighted by Crippen LogP contribution is 2.35. The number of anilines is 1. The lowest BCUT2D eigenvalue weighted by atomic mass is 9.95. The molecule has 1 aliphatic heterocycles. The third-order valence-corrected chi connectivity index (χ3v) is 5.57.